The number of ether oxygens (including phenoxy) is 2. The summed E-state index contributed by atoms with van der Waals surface area (Å²) >= 11 is 0. The van der Waals surface area contributed by atoms with Crippen molar-refractivity contribution in [3.8, 4) is 17.0 Å². The highest BCUT2D eigenvalue weighted by Crippen LogP contribution is 2.37. The Morgan fingerprint density at radius 1 is 1.18 bits per heavy atom. The molecule has 2 aromatic carbocycles. The smallest absolute Gasteiger partial charge is 0.248 e. The van der Waals surface area contributed by atoms with Crippen molar-refractivity contribution in [3.63, 3.8) is 0 Å². The molecule has 1 saturated heterocycles. The summed E-state index contributed by atoms with van der Waals surface area (Å²) in [5.41, 5.74) is 4.89. The number of aromatic amines is 1. The monoisotopic (exact) mass is 527 g/mol. The number of fused-ring (bicyclic) bond motifs is 1. The Morgan fingerprint density at radius 2 is 2.00 bits per heavy atom. The molecule has 10 nitrogen and oxygen atoms in total. The third-order valence-corrected chi connectivity index (χ3v) is 6.56. The van der Waals surface area contributed by atoms with Crippen LogP contribution in [0.3, 0.4) is 0 Å². The summed E-state index contributed by atoms with van der Waals surface area (Å²) in [7, 11) is 5.44. The highest BCUT2D eigenvalue weighted by Gasteiger charge is 2.16. The summed E-state index contributed by atoms with van der Waals surface area (Å²) in [6.45, 7) is 3.89. The topological polar surface area (TPSA) is 108 Å². The molecule has 10 heteroatoms. The maximum absolute atomic E-state index is 12.8. The Kier molecular flexibility index (Phi) is 8.04. The van der Waals surface area contributed by atoms with Crippen molar-refractivity contribution in [2.45, 2.75) is 0 Å². The zero-order valence-corrected chi connectivity index (χ0v) is 22.4. The molecule has 39 heavy (non-hydrogen) atoms. The first-order valence-electron chi connectivity index (χ1n) is 12.9. The minimum absolute atomic E-state index is 0.208. The van der Waals surface area contributed by atoms with E-state index in [0.717, 1.165) is 54.2 Å². The summed E-state index contributed by atoms with van der Waals surface area (Å²) < 4.78 is 11.0. The fourth-order valence-electron chi connectivity index (χ4n) is 4.55. The fraction of sp³-hybridized carbons (Fsp3) is 0.276. The van der Waals surface area contributed by atoms with Crippen LogP contribution < -0.4 is 20.3 Å². The lowest BCUT2D eigenvalue weighted by atomic mass is 10.1. The molecule has 3 N–H and O–H groups in total. The molecule has 5 rings (SSSR count). The number of para-hydroxylation sites is 1. The first-order chi connectivity index (χ1) is 19.0. The van der Waals surface area contributed by atoms with Gasteiger partial charge in [-0.3, -0.25) is 9.69 Å². The Hall–Kier alpha value is -4.41. The molecule has 4 aromatic rings. The molecule has 2 aromatic heterocycles. The number of carbonyl (C=O) groups excluding carboxylic acids is 1. The lowest BCUT2D eigenvalue weighted by molar-refractivity contribution is -0.111. The molecule has 1 fully saturated rings. The number of nitrogens with zero attached hydrogens (tertiary/aromatic N) is 4. The second-order valence-electron chi connectivity index (χ2n) is 9.41. The van der Waals surface area contributed by atoms with Crippen molar-refractivity contribution in [2.75, 3.05) is 69.6 Å². The molecule has 1 aliphatic rings. The number of aromatic nitrogens is 3. The van der Waals surface area contributed by atoms with Crippen molar-refractivity contribution in [1.29, 1.82) is 0 Å². The van der Waals surface area contributed by atoms with Gasteiger partial charge in [-0.25, -0.2) is 9.97 Å². The third-order valence-electron chi connectivity index (χ3n) is 6.56. The predicted octanol–water partition coefficient (Wildman–Crippen LogP) is 4.27. The van der Waals surface area contributed by atoms with Gasteiger partial charge in [-0.1, -0.05) is 24.3 Å². The SMILES string of the molecule is COc1cc(N(C)C)c(NC(=O)/C=C/CN2CCOCC2)cc1Nc1nccc(-c2c[nH]c3ccccc23)n1. The fourth-order valence-corrected chi connectivity index (χ4v) is 4.55. The van der Waals surface area contributed by atoms with Crippen LogP contribution in [0.2, 0.25) is 0 Å². The standard InChI is InChI=1S/C29H33N7O3/c1-35(2)26-18-27(38-3)25(17-24(26)32-28(37)9-6-12-36-13-15-39-16-14-36)34-29-30-11-10-23(33-29)21-19-31-22-8-5-4-7-20(21)22/h4-11,17-19,31H,12-16H2,1-3H3,(H,32,37)(H,30,33,34)/b9-6+. The van der Waals surface area contributed by atoms with E-state index in [-0.39, 0.29) is 5.91 Å². The average Bonchev–Trinajstić information content (AvgIpc) is 3.38. The van der Waals surface area contributed by atoms with Crippen LogP contribution in [0, 0.1) is 0 Å². The summed E-state index contributed by atoms with van der Waals surface area (Å²) in [4.78, 5) is 29.4. The van der Waals surface area contributed by atoms with Gasteiger partial charge in [-0.2, -0.15) is 0 Å². The van der Waals surface area contributed by atoms with E-state index in [1.807, 2.05) is 67.7 Å². The zero-order chi connectivity index (χ0) is 27.2. The molecule has 0 aliphatic carbocycles. The normalized spacial score (nSPS) is 14.0. The first-order valence-corrected chi connectivity index (χ1v) is 12.9. The van der Waals surface area contributed by atoms with Gasteiger partial charge >= 0.3 is 0 Å². The number of hydrogen-bond acceptors (Lipinski definition) is 8. The average molecular weight is 528 g/mol. The van der Waals surface area contributed by atoms with Gasteiger partial charge in [0.15, 0.2) is 0 Å². The van der Waals surface area contributed by atoms with Crippen molar-refractivity contribution in [1.82, 2.24) is 19.9 Å². The van der Waals surface area contributed by atoms with E-state index in [9.17, 15) is 4.79 Å². The number of nitrogens with one attached hydrogen (secondary N) is 3. The van der Waals surface area contributed by atoms with Crippen LogP contribution in [0.4, 0.5) is 23.0 Å². The Balaban J connectivity index is 1.38. The molecule has 1 aliphatic heterocycles. The van der Waals surface area contributed by atoms with E-state index in [1.54, 1.807) is 19.4 Å². The number of carbonyl (C=O) groups is 1. The maximum atomic E-state index is 12.8. The molecule has 0 saturated carbocycles. The number of amides is 1. The highest BCUT2D eigenvalue weighted by atomic mass is 16.5. The van der Waals surface area contributed by atoms with Crippen molar-refractivity contribution < 1.29 is 14.3 Å². The molecule has 0 radical (unpaired) electrons. The quantitative estimate of drug-likeness (QED) is 0.277. The second-order valence-corrected chi connectivity index (χ2v) is 9.41. The Labute approximate surface area is 227 Å². The largest absolute Gasteiger partial charge is 0.494 e. The van der Waals surface area contributed by atoms with Crippen LogP contribution in [0.1, 0.15) is 0 Å². The van der Waals surface area contributed by atoms with E-state index < -0.39 is 0 Å². The molecule has 202 valence electrons. The number of morpholine rings is 1. The van der Waals surface area contributed by atoms with Crippen LogP contribution in [-0.4, -0.2) is 79.8 Å². The second kappa shape index (κ2) is 12.0. The van der Waals surface area contributed by atoms with Crippen LogP contribution in [-0.2, 0) is 9.53 Å². The molecular weight excluding hydrogens is 494 g/mol. The number of rotatable bonds is 9. The molecule has 1 amide bonds. The Bertz CT molecular complexity index is 1480. The summed E-state index contributed by atoms with van der Waals surface area (Å²) in [6.07, 6.45) is 7.11. The van der Waals surface area contributed by atoms with Gasteiger partial charge in [0.25, 0.3) is 0 Å². The molecule has 0 unspecified atom stereocenters. The van der Waals surface area contributed by atoms with Crippen molar-refractivity contribution in [3.05, 3.63) is 67.0 Å². The number of anilines is 4. The molecule has 0 atom stereocenters. The maximum Gasteiger partial charge on any atom is 0.248 e. The summed E-state index contributed by atoms with van der Waals surface area (Å²) in [5.74, 6) is 0.803. The van der Waals surface area contributed by atoms with Gasteiger partial charge in [0.2, 0.25) is 11.9 Å². The van der Waals surface area contributed by atoms with E-state index in [2.05, 4.69) is 31.6 Å². The molecule has 0 spiro atoms. The van der Waals surface area contributed by atoms with Crippen molar-refractivity contribution in [2.24, 2.45) is 0 Å². The Morgan fingerprint density at radius 3 is 2.79 bits per heavy atom. The lowest BCUT2D eigenvalue weighted by Gasteiger charge is -2.25. The first kappa shape index (κ1) is 26.2. The number of benzene rings is 2. The minimum Gasteiger partial charge on any atom is -0.494 e. The number of H-pyrrole nitrogens is 1. The van der Waals surface area contributed by atoms with Crippen LogP contribution in [0.25, 0.3) is 22.2 Å². The van der Waals surface area contributed by atoms with Gasteiger partial charge in [-0.15, -0.1) is 0 Å². The van der Waals surface area contributed by atoms with Crippen molar-refractivity contribution >= 4 is 39.8 Å². The van der Waals surface area contributed by atoms with Crippen LogP contribution in [0.5, 0.6) is 5.75 Å². The van der Waals surface area contributed by atoms with Gasteiger partial charge in [0.05, 0.1) is 43.1 Å². The van der Waals surface area contributed by atoms with E-state index in [1.165, 1.54) is 0 Å². The van der Waals surface area contributed by atoms with Gasteiger partial charge in [-0.05, 0) is 18.2 Å². The highest BCUT2D eigenvalue weighted by molar-refractivity contribution is 6.02. The summed E-state index contributed by atoms with van der Waals surface area (Å²) in [5, 5.41) is 7.37. The van der Waals surface area contributed by atoms with E-state index in [0.29, 0.717) is 29.6 Å². The van der Waals surface area contributed by atoms with Gasteiger partial charge in [0.1, 0.15) is 5.75 Å². The third kappa shape index (κ3) is 6.19. The number of hydrogen-bond donors (Lipinski definition) is 3. The molecular formula is C29H33N7O3. The van der Waals surface area contributed by atoms with Gasteiger partial charge < -0.3 is 30.0 Å². The van der Waals surface area contributed by atoms with Gasteiger partial charge in [0, 0.05) is 74.7 Å². The van der Waals surface area contributed by atoms with E-state index >= 15 is 0 Å². The minimum atomic E-state index is -0.208. The molecule has 3 heterocycles. The predicted molar refractivity (Wildman–Crippen MR) is 155 cm³/mol. The van der Waals surface area contributed by atoms with Crippen LogP contribution >= 0.6 is 0 Å². The van der Waals surface area contributed by atoms with E-state index in [4.69, 9.17) is 14.5 Å². The number of methoxy groups -OCH3 is 1. The zero-order valence-electron chi connectivity index (χ0n) is 22.4. The molecule has 0 bridgehead atoms. The summed E-state index contributed by atoms with van der Waals surface area (Å²) in [6, 6.07) is 13.7. The van der Waals surface area contributed by atoms with Crippen LogP contribution in [0.15, 0.2) is 67.0 Å². The lowest BCUT2D eigenvalue weighted by Crippen LogP contribution is -2.36.